The van der Waals surface area contributed by atoms with Gasteiger partial charge in [-0.3, -0.25) is 28.3 Å². The van der Waals surface area contributed by atoms with Crippen molar-refractivity contribution in [1.29, 1.82) is 0 Å². The van der Waals surface area contributed by atoms with E-state index in [0.717, 1.165) is 20.9 Å². The molecule has 0 spiro atoms. The second kappa shape index (κ2) is 23.4. The lowest BCUT2D eigenvalue weighted by atomic mass is 9.79. The average Bonchev–Trinajstić information content (AvgIpc) is 2.27. The van der Waals surface area contributed by atoms with Crippen molar-refractivity contribution in [3.05, 3.63) is 66.5 Å². The first-order valence-electron chi connectivity index (χ1n) is 27.2. The van der Waals surface area contributed by atoms with Crippen LogP contribution in [0.2, 0.25) is 0 Å². The van der Waals surface area contributed by atoms with E-state index in [1.807, 2.05) is 0 Å². The van der Waals surface area contributed by atoms with Crippen LogP contribution in [0.4, 0.5) is 67.4 Å². The van der Waals surface area contributed by atoms with Gasteiger partial charge in [0.1, 0.15) is 48.2 Å². The van der Waals surface area contributed by atoms with Crippen LogP contribution in [0.3, 0.4) is 0 Å². The van der Waals surface area contributed by atoms with Crippen LogP contribution < -0.4 is 30.7 Å². The zero-order valence-electron chi connectivity index (χ0n) is 44.9. The van der Waals surface area contributed by atoms with Crippen molar-refractivity contribution in [3.8, 4) is 11.8 Å². The zero-order valence-corrected chi connectivity index (χ0v) is 46.5. The molecule has 4 saturated carbocycles. The van der Waals surface area contributed by atoms with Gasteiger partial charge in [0.25, 0.3) is 23.7 Å². The summed E-state index contributed by atoms with van der Waals surface area (Å²) in [5, 5.41) is 35.3. The van der Waals surface area contributed by atoms with Crippen molar-refractivity contribution in [1.82, 2.24) is 59.7 Å². The second-order valence-electron chi connectivity index (χ2n) is 22.1. The molecule has 4 fully saturated rings. The van der Waals surface area contributed by atoms with Crippen LogP contribution in [0, 0.1) is 23.7 Å². The zero-order chi connectivity index (χ0) is 59.5. The Bertz CT molecular complexity index is 3220. The average molecular weight is 1230 g/mol. The molecule has 0 unspecified atom stereocenters. The molecule has 32 heteroatoms. The van der Waals surface area contributed by atoms with Crippen molar-refractivity contribution in [2.45, 2.75) is 139 Å². The fourth-order valence-corrected chi connectivity index (χ4v) is 13.9. The highest BCUT2D eigenvalue weighted by molar-refractivity contribution is 7.13. The van der Waals surface area contributed by atoms with Gasteiger partial charge in [0.2, 0.25) is 23.7 Å². The molecule has 0 bridgehead atoms. The fourth-order valence-electron chi connectivity index (χ4n) is 11.2. The number of anilines is 4. The van der Waals surface area contributed by atoms with Crippen LogP contribution >= 0.6 is 22.7 Å². The van der Waals surface area contributed by atoms with Gasteiger partial charge in [0.15, 0.2) is 0 Å². The largest absolute Gasteiger partial charge is 0.415 e. The molecule has 4 N–H and O–H groups in total. The number of aromatic nitrogens is 10. The normalized spacial score (nSPS) is 24.2. The molecule has 6 aliphatic rings. The Hall–Kier alpha value is -7.12. The lowest BCUT2D eigenvalue weighted by Gasteiger charge is -2.28. The minimum Gasteiger partial charge on any atom is -0.415 e. The number of rotatable bonds is 22. The number of fused-ring (bicyclic) bond motifs is 2. The number of carbonyl (C=O) groups excluding carboxylic acids is 4. The maximum Gasteiger partial charge on any atom is 0.388 e. The van der Waals surface area contributed by atoms with Crippen LogP contribution in [0.25, 0.3) is 0 Å². The number of thiophene rings is 2. The lowest BCUT2D eigenvalue weighted by molar-refractivity contribution is -0.127. The van der Waals surface area contributed by atoms with E-state index in [4.69, 9.17) is 0 Å². The topological polar surface area (TPSA) is 232 Å². The van der Waals surface area contributed by atoms with Gasteiger partial charge >= 0.3 is 13.2 Å². The lowest BCUT2D eigenvalue weighted by Crippen LogP contribution is -2.33. The Balaban J connectivity index is 0.000000175. The van der Waals surface area contributed by atoms with Gasteiger partial charge in [-0.15, -0.1) is 53.3 Å². The molecule has 12 rings (SSSR count). The van der Waals surface area contributed by atoms with Gasteiger partial charge in [-0.1, -0.05) is 0 Å². The number of nitrogens with one attached hydrogen (secondary N) is 4. The third-order valence-electron chi connectivity index (χ3n) is 16.3. The molecule has 6 aromatic heterocycles. The van der Waals surface area contributed by atoms with E-state index < -0.39 is 61.1 Å². The number of hydrogen-bond donors (Lipinski definition) is 4. The number of nitrogens with zero attached hydrogens (tertiary/aromatic N) is 10. The van der Waals surface area contributed by atoms with Crippen LogP contribution in [-0.2, 0) is 62.2 Å². The van der Waals surface area contributed by atoms with E-state index in [2.05, 4.69) is 61.3 Å². The Morgan fingerprint density at radius 1 is 0.643 bits per heavy atom. The molecule has 6 aromatic rings. The highest BCUT2D eigenvalue weighted by Gasteiger charge is 2.57. The number of aryl methyl sites for hydroxylation is 4. The Morgan fingerprint density at radius 2 is 1.02 bits per heavy atom. The Labute approximate surface area is 479 Å². The molecule has 4 atom stereocenters. The summed E-state index contributed by atoms with van der Waals surface area (Å²) >= 11 is 2.74. The minimum absolute atomic E-state index is 0.00892. The molecule has 6 aliphatic carbocycles. The van der Waals surface area contributed by atoms with Gasteiger partial charge in [0.05, 0.1) is 11.1 Å². The Kier molecular flexibility index (Phi) is 16.3. The van der Waals surface area contributed by atoms with Crippen molar-refractivity contribution < 1.29 is 72.6 Å². The first-order chi connectivity index (χ1) is 40.0. The van der Waals surface area contributed by atoms with Crippen LogP contribution in [-0.4, -0.2) is 123 Å². The molecule has 84 heavy (non-hydrogen) atoms. The smallest absolute Gasteiger partial charge is 0.388 e. The molecule has 452 valence electrons. The molecular weight excluding hydrogens is 1170 g/mol. The van der Waals surface area contributed by atoms with E-state index in [1.165, 1.54) is 56.8 Å². The van der Waals surface area contributed by atoms with Crippen molar-refractivity contribution >= 4 is 69.6 Å². The molecule has 0 aliphatic heterocycles. The summed E-state index contributed by atoms with van der Waals surface area (Å²) in [6.07, 6.45) is 4.47. The number of halogens is 10. The van der Waals surface area contributed by atoms with Crippen molar-refractivity contribution in [3.63, 3.8) is 0 Å². The molecule has 20 nitrogen and oxygen atoms in total. The first-order valence-corrected chi connectivity index (χ1v) is 28.8. The summed E-state index contributed by atoms with van der Waals surface area (Å²) in [4.78, 5) is 55.6. The van der Waals surface area contributed by atoms with Gasteiger partial charge in [-0.25, -0.2) is 35.7 Å². The standard InChI is InChI=1S/2C26H28F5N7O3S/c2*1-37-20(8-21(36-37)41-24(28)29)34-25-35-33-11-38(25)15-2-3-18-16(6-15)22(23(40)32-10-13-9-26(13,30)31)19(42-18)7-17(39)12-4-14(27)5-12/h2*8,11-15,24H,2-7,9-10H2,1H3,(H,32,40)(H,34,35)/t12?,13-,14?,15+;12?,13-,14?,15-/m10/s1. The summed E-state index contributed by atoms with van der Waals surface area (Å²) in [6, 6.07) is 2.17. The monoisotopic (exact) mass is 1230 g/mol. The third-order valence-corrected chi connectivity index (χ3v) is 18.9. The fraction of sp³-hybridized carbons (Fsp3) is 0.577. The second-order valence-corrected chi connectivity index (χ2v) is 24.5. The highest BCUT2D eigenvalue weighted by Crippen LogP contribution is 2.50. The molecule has 0 saturated heterocycles. The maximum absolute atomic E-state index is 13.5. The number of ketones is 2. The number of Topliss-reactive ketones (excluding diaryl/α,β-unsaturated/α-hetero) is 2. The van der Waals surface area contributed by atoms with Crippen molar-refractivity contribution in [2.75, 3.05) is 23.7 Å². The molecule has 2 amide bonds. The predicted molar refractivity (Wildman–Crippen MR) is 280 cm³/mol. The molecule has 6 heterocycles. The van der Waals surface area contributed by atoms with Gasteiger partial charge in [-0.2, -0.15) is 17.6 Å². The van der Waals surface area contributed by atoms with Gasteiger partial charge < -0.3 is 30.7 Å². The molecule has 0 aromatic carbocycles. The first kappa shape index (κ1) is 58.6. The maximum atomic E-state index is 13.5. The van der Waals surface area contributed by atoms with E-state index in [0.29, 0.717) is 82.9 Å². The van der Waals surface area contributed by atoms with Crippen LogP contribution in [0.5, 0.6) is 11.8 Å². The van der Waals surface area contributed by atoms with Crippen LogP contribution in [0.15, 0.2) is 24.8 Å². The third kappa shape index (κ3) is 12.8. The van der Waals surface area contributed by atoms with E-state index >= 15 is 0 Å². The summed E-state index contributed by atoms with van der Waals surface area (Å²) in [5.74, 6) is -8.64. The van der Waals surface area contributed by atoms with E-state index in [9.17, 15) is 63.1 Å². The minimum atomic E-state index is -3.03. The Morgan fingerprint density at radius 3 is 1.37 bits per heavy atom. The van der Waals surface area contributed by atoms with E-state index in [-0.39, 0.29) is 112 Å². The van der Waals surface area contributed by atoms with E-state index in [1.54, 1.807) is 23.2 Å². The summed E-state index contributed by atoms with van der Waals surface area (Å²) in [6.45, 7) is -6.39. The highest BCUT2D eigenvalue weighted by atomic mass is 32.1. The number of hydrogen-bond acceptors (Lipinski definition) is 16. The SMILES string of the molecule is Cn1nc(OC(F)F)cc1Nc1nncn1[C@H]1CCc2sc(CC(=O)C3CC(F)C3)c(C(=O)NC[C@@H]3CC3(F)F)c2C1.Cn1nc(OC(F)F)cc1Nc1nncn1[C@H]1CCc2sc(CC(=O)C3CC(F)C3)c(C(=O)NC[C@H]3CC3(F)F)c2C1. The van der Waals surface area contributed by atoms with Crippen molar-refractivity contribution in [2.24, 2.45) is 37.8 Å². The van der Waals surface area contributed by atoms with Gasteiger partial charge in [0, 0.05) is 120 Å². The quantitative estimate of drug-likeness (QED) is 0.0466. The number of carbonyl (C=O) groups is 4. The summed E-state index contributed by atoms with van der Waals surface area (Å²) < 4.78 is 146. The molecular formula is C52H56F10N14O6S2. The number of ether oxygens (including phenoxy) is 2. The predicted octanol–water partition coefficient (Wildman–Crippen LogP) is 8.79. The number of amides is 2. The van der Waals surface area contributed by atoms with Crippen LogP contribution in [0.1, 0.15) is 115 Å². The molecule has 0 radical (unpaired) electrons. The number of alkyl halides is 10. The summed E-state index contributed by atoms with van der Waals surface area (Å²) in [7, 11) is 3.09. The van der Waals surface area contributed by atoms with Gasteiger partial charge in [-0.05, 0) is 75.3 Å². The summed E-state index contributed by atoms with van der Waals surface area (Å²) in [5.41, 5.74) is 2.14.